The highest BCUT2D eigenvalue weighted by atomic mass is 31.1. The lowest BCUT2D eigenvalue weighted by Crippen LogP contribution is -2.25. The van der Waals surface area contributed by atoms with Gasteiger partial charge in [0, 0.05) is 6.42 Å². The van der Waals surface area contributed by atoms with Crippen molar-refractivity contribution in [1.29, 1.82) is 0 Å². The maximum atomic E-state index is 11.3. The second-order valence-corrected chi connectivity index (χ2v) is 3.97. The van der Waals surface area contributed by atoms with Crippen LogP contribution in [0, 0.1) is 5.92 Å². The average Bonchev–Trinajstić information content (AvgIpc) is 2.24. The number of ether oxygens (including phenoxy) is 1. The van der Waals surface area contributed by atoms with Crippen LogP contribution >= 0.6 is 8.46 Å². The fraction of sp³-hybridized carbons (Fsp3) is 0.667. The van der Waals surface area contributed by atoms with Crippen LogP contribution in [0.25, 0.3) is 0 Å². The molecule has 90 valence electrons. The minimum Gasteiger partial charge on any atom is -0.481 e. The van der Waals surface area contributed by atoms with Crippen LogP contribution in [-0.4, -0.2) is 28.7 Å². The van der Waals surface area contributed by atoms with Crippen molar-refractivity contribution in [2.45, 2.75) is 32.8 Å². The Morgan fingerprint density at radius 2 is 1.88 bits per heavy atom. The SMILES string of the molecule is C[C@H](OC(=O)[C@@H](C)CCC(=O)O)C(=O)P=O. The molecular formula is C9H13O6P. The number of esters is 1. The summed E-state index contributed by atoms with van der Waals surface area (Å²) < 4.78 is 14.9. The first-order valence-corrected chi connectivity index (χ1v) is 5.49. The number of carbonyl (C=O) groups excluding carboxylic acids is 2. The molecule has 1 N–H and O–H groups in total. The summed E-state index contributed by atoms with van der Waals surface area (Å²) in [5.74, 6) is -2.26. The van der Waals surface area contributed by atoms with Crippen LogP contribution < -0.4 is 0 Å². The van der Waals surface area contributed by atoms with E-state index in [2.05, 4.69) is 0 Å². The van der Waals surface area contributed by atoms with E-state index in [0.717, 1.165) is 0 Å². The molecule has 0 heterocycles. The van der Waals surface area contributed by atoms with Gasteiger partial charge >= 0.3 is 11.9 Å². The van der Waals surface area contributed by atoms with Crippen molar-refractivity contribution in [3.8, 4) is 0 Å². The number of carbonyl (C=O) groups is 3. The summed E-state index contributed by atoms with van der Waals surface area (Å²) in [4.78, 5) is 32.4. The molecule has 0 aromatic heterocycles. The molecule has 0 aliphatic heterocycles. The van der Waals surface area contributed by atoms with Crippen molar-refractivity contribution in [2.24, 2.45) is 5.92 Å². The van der Waals surface area contributed by atoms with Crippen LogP contribution in [0.4, 0.5) is 0 Å². The average molecular weight is 248 g/mol. The third-order valence-corrected chi connectivity index (χ3v) is 2.47. The quantitative estimate of drug-likeness (QED) is 0.537. The molecule has 6 nitrogen and oxygen atoms in total. The monoisotopic (exact) mass is 248 g/mol. The topological polar surface area (TPSA) is 97.7 Å². The zero-order valence-electron chi connectivity index (χ0n) is 9.00. The van der Waals surface area contributed by atoms with E-state index < -0.39 is 37.9 Å². The van der Waals surface area contributed by atoms with E-state index in [1.165, 1.54) is 13.8 Å². The van der Waals surface area contributed by atoms with Gasteiger partial charge in [-0.15, -0.1) is 0 Å². The predicted octanol–water partition coefficient (Wildman–Crippen LogP) is 1.24. The first-order chi connectivity index (χ1) is 7.38. The molecule has 0 aromatic carbocycles. The minimum absolute atomic E-state index is 0.140. The number of hydrogen-bond acceptors (Lipinski definition) is 5. The highest BCUT2D eigenvalue weighted by Crippen LogP contribution is 2.11. The van der Waals surface area contributed by atoms with Gasteiger partial charge in [-0.1, -0.05) is 6.92 Å². The fourth-order valence-electron chi connectivity index (χ4n) is 0.873. The molecule has 0 bridgehead atoms. The Morgan fingerprint density at radius 1 is 1.31 bits per heavy atom. The van der Waals surface area contributed by atoms with Gasteiger partial charge in [0.25, 0.3) is 5.52 Å². The molecule has 0 aromatic rings. The summed E-state index contributed by atoms with van der Waals surface area (Å²) in [6.07, 6.45) is -1.07. The van der Waals surface area contributed by atoms with E-state index in [1.54, 1.807) is 0 Å². The van der Waals surface area contributed by atoms with Crippen LogP contribution in [0.1, 0.15) is 26.7 Å². The zero-order valence-corrected chi connectivity index (χ0v) is 9.90. The van der Waals surface area contributed by atoms with E-state index in [9.17, 15) is 18.9 Å². The molecule has 0 spiro atoms. The van der Waals surface area contributed by atoms with Crippen LogP contribution in [-0.2, 0) is 23.7 Å². The maximum Gasteiger partial charge on any atom is 0.309 e. The fourth-order valence-corrected chi connectivity index (χ4v) is 1.07. The van der Waals surface area contributed by atoms with Gasteiger partial charge in [-0.3, -0.25) is 18.9 Å². The number of aliphatic carboxylic acids is 1. The van der Waals surface area contributed by atoms with Crippen LogP contribution in [0.5, 0.6) is 0 Å². The Bertz CT molecular complexity index is 300. The van der Waals surface area contributed by atoms with Crippen molar-refractivity contribution in [2.75, 3.05) is 0 Å². The number of hydrogen-bond donors (Lipinski definition) is 1. The smallest absolute Gasteiger partial charge is 0.309 e. The van der Waals surface area contributed by atoms with Gasteiger partial charge in [0.15, 0.2) is 6.10 Å². The third kappa shape index (κ3) is 5.56. The van der Waals surface area contributed by atoms with Gasteiger partial charge in [-0.2, -0.15) is 0 Å². The van der Waals surface area contributed by atoms with Gasteiger partial charge in [-0.05, 0) is 13.3 Å². The third-order valence-electron chi connectivity index (χ3n) is 1.92. The molecule has 0 saturated heterocycles. The highest BCUT2D eigenvalue weighted by Gasteiger charge is 2.22. The zero-order chi connectivity index (χ0) is 12.7. The molecule has 16 heavy (non-hydrogen) atoms. The molecule has 0 fully saturated rings. The molecular weight excluding hydrogens is 235 g/mol. The lowest BCUT2D eigenvalue weighted by molar-refractivity contribution is -0.156. The van der Waals surface area contributed by atoms with Gasteiger partial charge < -0.3 is 9.84 Å². The Kier molecular flexibility index (Phi) is 6.49. The van der Waals surface area contributed by atoms with E-state index in [4.69, 9.17) is 9.84 Å². The minimum atomic E-state index is -1.07. The highest BCUT2D eigenvalue weighted by molar-refractivity contribution is 7.46. The van der Waals surface area contributed by atoms with E-state index in [1.807, 2.05) is 0 Å². The summed E-state index contributed by atoms with van der Waals surface area (Å²) in [7, 11) is -0.707. The molecule has 0 aliphatic rings. The Morgan fingerprint density at radius 3 is 2.31 bits per heavy atom. The number of carboxylic acid groups (broad SMARTS) is 1. The summed E-state index contributed by atoms with van der Waals surface area (Å²) in [6, 6.07) is 0. The molecule has 0 saturated carbocycles. The number of carboxylic acids is 1. The molecule has 2 atom stereocenters. The second-order valence-electron chi connectivity index (χ2n) is 3.34. The molecule has 0 unspecified atom stereocenters. The summed E-state index contributed by atoms with van der Waals surface area (Å²) in [5.41, 5.74) is -0.723. The summed E-state index contributed by atoms with van der Waals surface area (Å²) >= 11 is 0. The van der Waals surface area contributed by atoms with Crippen LogP contribution in [0.2, 0.25) is 0 Å². The Balaban J connectivity index is 4.09. The standard InChI is InChI=1S/C9H13O6P/c1-5(3-4-7(10)11)8(12)15-6(2)9(13)16-14/h5-6H,3-4H2,1-2H3,(H,10,11)/t5-,6-/m0/s1. The molecule has 0 amide bonds. The number of rotatable bonds is 7. The van der Waals surface area contributed by atoms with Gasteiger partial charge in [0.05, 0.1) is 5.92 Å². The van der Waals surface area contributed by atoms with Crippen molar-refractivity contribution in [3.63, 3.8) is 0 Å². The lowest BCUT2D eigenvalue weighted by Gasteiger charge is -2.13. The summed E-state index contributed by atoms with van der Waals surface area (Å²) in [6.45, 7) is 2.83. The van der Waals surface area contributed by atoms with E-state index in [0.29, 0.717) is 0 Å². The van der Waals surface area contributed by atoms with Crippen molar-refractivity contribution >= 4 is 25.9 Å². The van der Waals surface area contributed by atoms with E-state index >= 15 is 0 Å². The van der Waals surface area contributed by atoms with Gasteiger partial charge in [-0.25, -0.2) is 0 Å². The molecule has 0 radical (unpaired) electrons. The first-order valence-electron chi connectivity index (χ1n) is 4.68. The van der Waals surface area contributed by atoms with Crippen LogP contribution in [0.3, 0.4) is 0 Å². The first kappa shape index (κ1) is 14.7. The van der Waals surface area contributed by atoms with Crippen LogP contribution in [0.15, 0.2) is 0 Å². The molecule has 7 heteroatoms. The van der Waals surface area contributed by atoms with Gasteiger partial charge in [0.1, 0.15) is 0 Å². The molecule has 0 aliphatic carbocycles. The largest absolute Gasteiger partial charge is 0.481 e. The predicted molar refractivity (Wildman–Crippen MR) is 54.2 cm³/mol. The van der Waals surface area contributed by atoms with Crippen molar-refractivity contribution in [3.05, 3.63) is 0 Å². The normalized spacial score (nSPS) is 14.1. The lowest BCUT2D eigenvalue weighted by atomic mass is 10.1. The Labute approximate surface area is 94.2 Å². The van der Waals surface area contributed by atoms with Crippen molar-refractivity contribution in [1.82, 2.24) is 0 Å². The molecule has 0 rings (SSSR count). The second kappa shape index (κ2) is 7.06. The summed E-state index contributed by atoms with van der Waals surface area (Å²) in [5, 5.41) is 8.40. The maximum absolute atomic E-state index is 11.3. The Hall–Kier alpha value is -1.29. The van der Waals surface area contributed by atoms with Crippen molar-refractivity contribution < 1.29 is 28.8 Å². The van der Waals surface area contributed by atoms with Gasteiger partial charge in [0.2, 0.25) is 8.46 Å². The van der Waals surface area contributed by atoms with E-state index in [-0.39, 0.29) is 12.8 Å².